The largest absolute Gasteiger partial charge is 0.495 e. The summed E-state index contributed by atoms with van der Waals surface area (Å²) in [5.74, 6) is 1.55. The van der Waals surface area contributed by atoms with Gasteiger partial charge in [0.05, 0.1) is 30.6 Å². The summed E-state index contributed by atoms with van der Waals surface area (Å²) >= 11 is 6.81. The molecule has 0 unspecified atom stereocenters. The molecule has 3 nitrogen and oxygen atoms in total. The Hall–Kier alpha value is -4.73. The second kappa shape index (κ2) is 11.2. The van der Waals surface area contributed by atoms with E-state index in [1.807, 2.05) is 48.5 Å². The van der Waals surface area contributed by atoms with Crippen molar-refractivity contribution in [3.8, 4) is 11.5 Å². The molecule has 0 aliphatic carbocycles. The quantitative estimate of drug-likeness (QED) is 0.148. The van der Waals surface area contributed by atoms with Crippen molar-refractivity contribution in [2.45, 2.75) is 0 Å². The topological polar surface area (TPSA) is 21.7 Å². The van der Waals surface area contributed by atoms with Gasteiger partial charge in [-0.05, 0) is 58.3 Å². The summed E-state index contributed by atoms with van der Waals surface area (Å²) in [6.07, 6.45) is 4.34. The zero-order chi connectivity index (χ0) is 27.5. The Morgan fingerprint density at radius 1 is 0.525 bits per heavy atom. The molecule has 0 fully saturated rings. The summed E-state index contributed by atoms with van der Waals surface area (Å²) in [6, 6.07) is 41.1. The molecule has 0 heterocycles. The van der Waals surface area contributed by atoms with E-state index in [9.17, 15) is 0 Å². The van der Waals surface area contributed by atoms with E-state index < -0.39 is 0 Å². The Morgan fingerprint density at radius 2 is 0.975 bits per heavy atom. The number of benzene rings is 6. The minimum atomic E-state index is 0.777. The smallest absolute Gasteiger partial charge is 0.142 e. The maximum absolute atomic E-state index is 6.81. The molecule has 0 atom stereocenters. The highest BCUT2D eigenvalue weighted by Gasteiger charge is 2.19. The van der Waals surface area contributed by atoms with Crippen molar-refractivity contribution in [3.05, 3.63) is 137 Å². The zero-order valence-corrected chi connectivity index (χ0v) is 23.1. The predicted molar refractivity (Wildman–Crippen MR) is 170 cm³/mol. The van der Waals surface area contributed by atoms with E-state index in [0.29, 0.717) is 0 Å². The van der Waals surface area contributed by atoms with Crippen LogP contribution in [0.15, 0.2) is 121 Å². The Labute approximate surface area is 239 Å². The molecule has 6 rings (SSSR count). The summed E-state index contributed by atoms with van der Waals surface area (Å²) in [7, 11) is 3.38. The fourth-order valence-electron chi connectivity index (χ4n) is 5.24. The summed E-state index contributed by atoms with van der Waals surface area (Å²) in [5.41, 5.74) is 5.10. The third-order valence-corrected chi connectivity index (χ3v) is 7.56. The van der Waals surface area contributed by atoms with Gasteiger partial charge in [-0.1, -0.05) is 109 Å². The van der Waals surface area contributed by atoms with Gasteiger partial charge in [-0.25, -0.2) is 0 Å². The number of methoxy groups -OCH3 is 2. The molecule has 196 valence electrons. The van der Waals surface area contributed by atoms with Crippen LogP contribution in [0.25, 0.3) is 33.7 Å². The second-order valence-corrected chi connectivity index (χ2v) is 9.80. The summed E-state index contributed by atoms with van der Waals surface area (Å²) in [4.78, 5) is 2.16. The van der Waals surface area contributed by atoms with Crippen LogP contribution < -0.4 is 14.4 Å². The minimum absolute atomic E-state index is 0.777. The number of rotatable bonds is 7. The van der Waals surface area contributed by atoms with E-state index in [0.717, 1.165) is 66.3 Å². The van der Waals surface area contributed by atoms with Crippen LogP contribution in [-0.4, -0.2) is 14.2 Å². The number of nitrogens with zero attached hydrogens (tertiary/aromatic N) is 1. The molecule has 4 heteroatoms. The van der Waals surface area contributed by atoms with Crippen LogP contribution in [0.4, 0.5) is 17.1 Å². The number of hydrogen-bond donors (Lipinski definition) is 0. The van der Waals surface area contributed by atoms with E-state index in [1.165, 1.54) is 0 Å². The first-order valence-corrected chi connectivity index (χ1v) is 13.5. The van der Waals surface area contributed by atoms with Gasteiger partial charge < -0.3 is 14.4 Å². The molecular formula is C36H28ClNO2. The first-order valence-electron chi connectivity index (χ1n) is 13.1. The highest BCUT2D eigenvalue weighted by Crippen LogP contribution is 2.44. The first-order chi connectivity index (χ1) is 19.7. The molecule has 6 aromatic carbocycles. The van der Waals surface area contributed by atoms with E-state index in [1.54, 1.807) is 14.2 Å². The van der Waals surface area contributed by atoms with Crippen molar-refractivity contribution < 1.29 is 9.47 Å². The first kappa shape index (κ1) is 25.5. The van der Waals surface area contributed by atoms with Gasteiger partial charge in [0.2, 0.25) is 0 Å². The Kier molecular flexibility index (Phi) is 7.13. The molecule has 0 radical (unpaired) electrons. The van der Waals surface area contributed by atoms with Crippen molar-refractivity contribution in [1.29, 1.82) is 0 Å². The van der Waals surface area contributed by atoms with Crippen LogP contribution in [0.2, 0.25) is 5.02 Å². The summed E-state index contributed by atoms with van der Waals surface area (Å²) in [5, 5.41) is 5.18. The second-order valence-electron chi connectivity index (χ2n) is 9.42. The molecule has 0 amide bonds. The molecule has 40 heavy (non-hydrogen) atoms. The predicted octanol–water partition coefficient (Wildman–Crippen LogP) is 10.3. The van der Waals surface area contributed by atoms with Gasteiger partial charge in [0.15, 0.2) is 0 Å². The fourth-order valence-corrected chi connectivity index (χ4v) is 5.57. The van der Waals surface area contributed by atoms with Crippen molar-refractivity contribution in [2.24, 2.45) is 0 Å². The molecular weight excluding hydrogens is 514 g/mol. The van der Waals surface area contributed by atoms with Gasteiger partial charge in [0.1, 0.15) is 11.5 Å². The lowest BCUT2D eigenvalue weighted by atomic mass is 9.96. The summed E-state index contributed by atoms with van der Waals surface area (Å²) < 4.78 is 11.5. The zero-order valence-electron chi connectivity index (χ0n) is 22.3. The van der Waals surface area contributed by atoms with Gasteiger partial charge >= 0.3 is 0 Å². The lowest BCUT2D eigenvalue weighted by Gasteiger charge is -2.28. The molecule has 0 N–H and O–H groups in total. The van der Waals surface area contributed by atoms with Crippen LogP contribution in [0, 0.1) is 0 Å². The van der Waals surface area contributed by atoms with Crippen LogP contribution in [0.3, 0.4) is 0 Å². The van der Waals surface area contributed by atoms with Crippen molar-refractivity contribution in [2.75, 3.05) is 19.1 Å². The van der Waals surface area contributed by atoms with Crippen LogP contribution >= 0.6 is 11.6 Å². The van der Waals surface area contributed by atoms with Crippen LogP contribution in [0.5, 0.6) is 11.5 Å². The van der Waals surface area contributed by atoms with Crippen LogP contribution in [-0.2, 0) is 0 Å². The van der Waals surface area contributed by atoms with Gasteiger partial charge in [-0.2, -0.15) is 0 Å². The molecule has 0 aliphatic rings. The Balaban J connectivity index is 1.43. The van der Waals surface area contributed by atoms with Gasteiger partial charge in [0.25, 0.3) is 0 Å². The average Bonchev–Trinajstić information content (AvgIpc) is 3.02. The lowest BCUT2D eigenvalue weighted by Crippen LogP contribution is -2.12. The normalized spacial score (nSPS) is 11.3. The highest BCUT2D eigenvalue weighted by atomic mass is 35.5. The van der Waals surface area contributed by atoms with Gasteiger partial charge in [-0.15, -0.1) is 0 Å². The average molecular weight is 542 g/mol. The number of hydrogen-bond acceptors (Lipinski definition) is 3. The van der Waals surface area contributed by atoms with E-state index in [4.69, 9.17) is 21.1 Å². The molecule has 0 saturated carbocycles. The van der Waals surface area contributed by atoms with Gasteiger partial charge in [-0.3, -0.25) is 0 Å². The van der Waals surface area contributed by atoms with E-state index >= 15 is 0 Å². The number of anilines is 3. The molecule has 0 bridgehead atoms. The van der Waals surface area contributed by atoms with Gasteiger partial charge in [0, 0.05) is 16.5 Å². The lowest BCUT2D eigenvalue weighted by molar-refractivity contribution is 0.412. The van der Waals surface area contributed by atoms with Crippen LogP contribution in [0.1, 0.15) is 11.1 Å². The van der Waals surface area contributed by atoms with E-state index in [2.05, 4.69) is 89.8 Å². The van der Waals surface area contributed by atoms with E-state index in [-0.39, 0.29) is 0 Å². The standard InChI is InChI=1S/C36H28ClNO2/c1-39-34-17-9-7-15-32(34)38(33-16-8-10-18-35(33)40-2)26-22-19-25(20-23-26)21-24-29-27-11-3-5-13-30(27)36(37)31-14-6-4-12-28(29)31/h3-24H,1-2H3/b24-21+. The molecule has 0 aliphatic heterocycles. The Bertz CT molecular complexity index is 1740. The minimum Gasteiger partial charge on any atom is -0.495 e. The fraction of sp³-hybridized carbons (Fsp3) is 0.0556. The highest BCUT2D eigenvalue weighted by molar-refractivity contribution is 6.41. The molecule has 0 spiro atoms. The third-order valence-electron chi connectivity index (χ3n) is 7.15. The van der Waals surface area contributed by atoms with Crippen molar-refractivity contribution in [1.82, 2.24) is 0 Å². The number of halogens is 1. The molecule has 6 aromatic rings. The Morgan fingerprint density at radius 3 is 1.48 bits per heavy atom. The molecule has 0 aromatic heterocycles. The van der Waals surface area contributed by atoms with Crippen molar-refractivity contribution >= 4 is 62.4 Å². The number of para-hydroxylation sites is 4. The maximum atomic E-state index is 6.81. The summed E-state index contributed by atoms with van der Waals surface area (Å²) in [6.45, 7) is 0. The van der Waals surface area contributed by atoms with Crippen molar-refractivity contribution in [3.63, 3.8) is 0 Å². The monoisotopic (exact) mass is 541 g/mol. The molecule has 0 saturated heterocycles. The number of fused-ring (bicyclic) bond motifs is 2. The SMILES string of the molecule is COc1ccccc1N(c1ccc(/C=C/c2c3ccccc3c(Cl)c3ccccc23)cc1)c1ccccc1OC. The maximum Gasteiger partial charge on any atom is 0.142 e. The number of ether oxygens (including phenoxy) is 2. The third kappa shape index (κ3) is 4.66.